The summed E-state index contributed by atoms with van der Waals surface area (Å²) >= 11 is 11.8. The van der Waals surface area contributed by atoms with Crippen LogP contribution in [0.5, 0.6) is 0 Å². The number of halogens is 3. The maximum absolute atomic E-state index is 13.4. The predicted octanol–water partition coefficient (Wildman–Crippen LogP) is 5.21. The van der Waals surface area contributed by atoms with E-state index in [1.54, 1.807) is 18.2 Å². The maximum atomic E-state index is 13.4. The van der Waals surface area contributed by atoms with E-state index in [0.717, 1.165) is 11.6 Å². The highest BCUT2D eigenvalue weighted by molar-refractivity contribution is 6.42. The van der Waals surface area contributed by atoms with Gasteiger partial charge in [-0.2, -0.15) is 0 Å². The normalized spacial score (nSPS) is 12.0. The van der Waals surface area contributed by atoms with E-state index in [4.69, 9.17) is 23.2 Å². The third-order valence-corrected chi connectivity index (χ3v) is 3.66. The van der Waals surface area contributed by atoms with Crippen molar-refractivity contribution in [2.24, 2.45) is 0 Å². The van der Waals surface area contributed by atoms with Gasteiger partial charge in [0.05, 0.1) is 21.0 Å². The number of anilines is 1. The van der Waals surface area contributed by atoms with Gasteiger partial charge in [-0.25, -0.2) is 4.39 Å². The van der Waals surface area contributed by atoms with Crippen molar-refractivity contribution >= 4 is 34.6 Å². The minimum absolute atomic E-state index is 0.221. The van der Waals surface area contributed by atoms with Crippen molar-refractivity contribution in [2.45, 2.75) is 13.0 Å². The van der Waals surface area contributed by atoms with Crippen LogP contribution in [0.1, 0.15) is 18.5 Å². The molecule has 0 radical (unpaired) electrons. The SMILES string of the molecule is CC(Nc1cc(F)cc([N+](=O)[O-])c1)c1ccc(Cl)c(Cl)c1. The highest BCUT2D eigenvalue weighted by atomic mass is 35.5. The van der Waals surface area contributed by atoms with Crippen LogP contribution < -0.4 is 5.32 Å². The Morgan fingerprint density at radius 1 is 1.19 bits per heavy atom. The largest absolute Gasteiger partial charge is 0.378 e. The molecule has 2 rings (SSSR count). The molecule has 0 aliphatic rings. The highest BCUT2D eigenvalue weighted by Gasteiger charge is 2.13. The number of hydrogen-bond donors (Lipinski definition) is 1. The Morgan fingerprint density at radius 3 is 2.52 bits per heavy atom. The molecule has 1 atom stereocenters. The number of non-ortho nitro benzene ring substituents is 1. The summed E-state index contributed by atoms with van der Waals surface area (Å²) in [7, 11) is 0. The fraction of sp³-hybridized carbons (Fsp3) is 0.143. The van der Waals surface area contributed by atoms with Crippen LogP contribution in [0.25, 0.3) is 0 Å². The van der Waals surface area contributed by atoms with Gasteiger partial charge in [-0.1, -0.05) is 29.3 Å². The van der Waals surface area contributed by atoms with E-state index >= 15 is 0 Å². The summed E-state index contributed by atoms with van der Waals surface area (Å²) < 4.78 is 13.4. The van der Waals surface area contributed by atoms with Gasteiger partial charge >= 0.3 is 0 Å². The van der Waals surface area contributed by atoms with Crippen molar-refractivity contribution in [3.05, 3.63) is 67.9 Å². The second-order valence-corrected chi connectivity index (χ2v) is 5.31. The molecule has 0 aromatic heterocycles. The average molecular weight is 329 g/mol. The number of nitrogens with zero attached hydrogens (tertiary/aromatic N) is 1. The lowest BCUT2D eigenvalue weighted by Gasteiger charge is -2.16. The standard InChI is InChI=1S/C14H11Cl2FN2O2/c1-8(9-2-3-13(15)14(16)4-9)18-11-5-10(17)6-12(7-11)19(20)21/h2-8,18H,1H3. The third kappa shape index (κ3) is 3.83. The molecular weight excluding hydrogens is 318 g/mol. The van der Waals surface area contributed by atoms with Crippen LogP contribution in [0.3, 0.4) is 0 Å². The molecule has 0 heterocycles. The summed E-state index contributed by atoms with van der Waals surface area (Å²) in [5, 5.41) is 14.6. The van der Waals surface area contributed by atoms with Gasteiger partial charge < -0.3 is 5.32 Å². The van der Waals surface area contributed by atoms with Crippen LogP contribution in [0, 0.1) is 15.9 Å². The molecular formula is C14H11Cl2FN2O2. The van der Waals surface area contributed by atoms with Crippen molar-refractivity contribution in [2.75, 3.05) is 5.32 Å². The van der Waals surface area contributed by atoms with E-state index in [0.29, 0.717) is 15.7 Å². The lowest BCUT2D eigenvalue weighted by atomic mass is 10.1. The Morgan fingerprint density at radius 2 is 1.90 bits per heavy atom. The fourth-order valence-corrected chi connectivity index (χ4v) is 2.18. The van der Waals surface area contributed by atoms with Crippen molar-refractivity contribution in [3.8, 4) is 0 Å². The minimum Gasteiger partial charge on any atom is -0.378 e. The Balaban J connectivity index is 2.24. The molecule has 0 bridgehead atoms. The molecule has 1 unspecified atom stereocenters. The van der Waals surface area contributed by atoms with Crippen LogP contribution >= 0.6 is 23.2 Å². The molecule has 2 aromatic carbocycles. The van der Waals surface area contributed by atoms with Gasteiger partial charge in [0.25, 0.3) is 5.69 Å². The van der Waals surface area contributed by atoms with Crippen LogP contribution in [0.4, 0.5) is 15.8 Å². The quantitative estimate of drug-likeness (QED) is 0.618. The smallest absolute Gasteiger partial charge is 0.274 e. The van der Waals surface area contributed by atoms with Gasteiger partial charge in [0.1, 0.15) is 5.82 Å². The summed E-state index contributed by atoms with van der Waals surface area (Å²) in [6.45, 7) is 1.83. The van der Waals surface area contributed by atoms with E-state index in [9.17, 15) is 14.5 Å². The summed E-state index contributed by atoms with van der Waals surface area (Å²) in [5.74, 6) is -0.673. The third-order valence-electron chi connectivity index (χ3n) is 2.92. The Labute approximate surface area is 130 Å². The minimum atomic E-state index is -0.673. The number of hydrogen-bond acceptors (Lipinski definition) is 3. The topological polar surface area (TPSA) is 55.2 Å². The number of nitro benzene ring substituents is 1. The molecule has 1 N–H and O–H groups in total. The van der Waals surface area contributed by atoms with Crippen LogP contribution in [-0.4, -0.2) is 4.92 Å². The molecule has 0 saturated heterocycles. The molecule has 110 valence electrons. The molecule has 0 aliphatic carbocycles. The van der Waals surface area contributed by atoms with Crippen molar-refractivity contribution in [3.63, 3.8) is 0 Å². The van der Waals surface area contributed by atoms with E-state index in [2.05, 4.69) is 5.32 Å². The first-order chi connectivity index (χ1) is 9.86. The zero-order valence-electron chi connectivity index (χ0n) is 10.9. The number of rotatable bonds is 4. The van der Waals surface area contributed by atoms with Crippen molar-refractivity contribution in [1.29, 1.82) is 0 Å². The van der Waals surface area contributed by atoms with Crippen molar-refractivity contribution in [1.82, 2.24) is 0 Å². The molecule has 0 amide bonds. The van der Waals surface area contributed by atoms with Crippen LogP contribution in [0.15, 0.2) is 36.4 Å². The Hall–Kier alpha value is -1.85. The van der Waals surface area contributed by atoms with Gasteiger partial charge in [0.15, 0.2) is 0 Å². The number of nitrogens with one attached hydrogen (secondary N) is 1. The second-order valence-electron chi connectivity index (χ2n) is 4.49. The van der Waals surface area contributed by atoms with E-state index in [1.807, 2.05) is 6.92 Å². The summed E-state index contributed by atoms with van der Waals surface area (Å²) in [6, 6.07) is 8.24. The van der Waals surface area contributed by atoms with E-state index < -0.39 is 10.7 Å². The first-order valence-corrected chi connectivity index (χ1v) is 6.79. The summed E-state index contributed by atoms with van der Waals surface area (Å²) in [4.78, 5) is 10.1. The zero-order chi connectivity index (χ0) is 15.6. The zero-order valence-corrected chi connectivity index (χ0v) is 12.5. The lowest BCUT2D eigenvalue weighted by Crippen LogP contribution is -2.07. The molecule has 2 aromatic rings. The lowest BCUT2D eigenvalue weighted by molar-refractivity contribution is -0.385. The fourth-order valence-electron chi connectivity index (χ4n) is 1.88. The van der Waals surface area contributed by atoms with Gasteiger partial charge in [-0.15, -0.1) is 0 Å². The average Bonchev–Trinajstić information content (AvgIpc) is 2.41. The maximum Gasteiger partial charge on any atom is 0.274 e. The summed E-state index contributed by atoms with van der Waals surface area (Å²) in [6.07, 6.45) is 0. The first kappa shape index (κ1) is 15.5. The summed E-state index contributed by atoms with van der Waals surface area (Å²) in [5.41, 5.74) is 0.843. The first-order valence-electron chi connectivity index (χ1n) is 6.03. The molecule has 7 heteroatoms. The number of nitro groups is 1. The monoisotopic (exact) mass is 328 g/mol. The molecule has 0 aliphatic heterocycles. The van der Waals surface area contributed by atoms with Crippen molar-refractivity contribution < 1.29 is 9.31 Å². The second kappa shape index (κ2) is 6.28. The van der Waals surface area contributed by atoms with Gasteiger partial charge in [-0.3, -0.25) is 10.1 Å². The highest BCUT2D eigenvalue weighted by Crippen LogP contribution is 2.28. The predicted molar refractivity (Wildman–Crippen MR) is 81.6 cm³/mol. The number of benzene rings is 2. The molecule has 0 spiro atoms. The Kier molecular flexibility index (Phi) is 4.65. The van der Waals surface area contributed by atoms with Crippen LogP contribution in [-0.2, 0) is 0 Å². The van der Waals surface area contributed by atoms with E-state index in [1.165, 1.54) is 12.1 Å². The van der Waals surface area contributed by atoms with Gasteiger partial charge in [-0.05, 0) is 30.7 Å². The van der Waals surface area contributed by atoms with Gasteiger partial charge in [0, 0.05) is 17.8 Å². The van der Waals surface area contributed by atoms with Gasteiger partial charge in [0.2, 0.25) is 0 Å². The van der Waals surface area contributed by atoms with Crippen LogP contribution in [0.2, 0.25) is 10.0 Å². The van der Waals surface area contributed by atoms with E-state index in [-0.39, 0.29) is 11.7 Å². The molecule has 0 fully saturated rings. The molecule has 21 heavy (non-hydrogen) atoms. The Bertz CT molecular complexity index is 695. The molecule has 0 saturated carbocycles. The molecule has 4 nitrogen and oxygen atoms in total.